The molecule has 0 spiro atoms. The van der Waals surface area contributed by atoms with Gasteiger partial charge in [-0.2, -0.15) is 0 Å². The van der Waals surface area contributed by atoms with Crippen molar-refractivity contribution in [1.29, 1.82) is 0 Å². The molecule has 0 bridgehead atoms. The van der Waals surface area contributed by atoms with Gasteiger partial charge in [-0.1, -0.05) is 35.4 Å². The first-order valence-corrected chi connectivity index (χ1v) is 8.71. The van der Waals surface area contributed by atoms with E-state index in [9.17, 15) is 9.59 Å². The zero-order valence-electron chi connectivity index (χ0n) is 14.2. The zero-order chi connectivity index (χ0) is 18.8. The largest absolute Gasteiger partial charge is 0.301 e. The fraction of sp³-hybridized carbons (Fsp3) is 0.158. The highest BCUT2D eigenvalue weighted by Gasteiger charge is 2.38. The van der Waals surface area contributed by atoms with Crippen LogP contribution in [0.15, 0.2) is 47.5 Å². The van der Waals surface area contributed by atoms with Gasteiger partial charge >= 0.3 is 0 Å². The van der Waals surface area contributed by atoms with Crippen LogP contribution in [0.3, 0.4) is 0 Å². The molecular weight excluding hydrogens is 370 g/mol. The van der Waals surface area contributed by atoms with Crippen LogP contribution in [-0.4, -0.2) is 23.1 Å². The molecule has 5 nitrogen and oxygen atoms in total. The maximum atomic E-state index is 12.8. The van der Waals surface area contributed by atoms with Crippen molar-refractivity contribution < 1.29 is 9.59 Å². The monoisotopic (exact) mass is 385 g/mol. The van der Waals surface area contributed by atoms with E-state index in [-0.39, 0.29) is 5.11 Å². The number of nitrogens with zero attached hydrogens (tertiary/aromatic N) is 2. The van der Waals surface area contributed by atoms with Crippen molar-refractivity contribution in [2.75, 3.05) is 4.90 Å². The van der Waals surface area contributed by atoms with E-state index in [1.807, 2.05) is 32.0 Å². The van der Waals surface area contributed by atoms with Crippen LogP contribution >= 0.6 is 23.8 Å². The molecule has 132 valence electrons. The van der Waals surface area contributed by atoms with E-state index < -0.39 is 17.7 Å². The predicted octanol–water partition coefficient (Wildman–Crippen LogP) is 3.72. The number of thiocarbonyl (C=S) groups is 1. The van der Waals surface area contributed by atoms with E-state index in [2.05, 4.69) is 10.3 Å². The first kappa shape index (κ1) is 18.2. The maximum Gasteiger partial charge on any atom is 0.251 e. The van der Waals surface area contributed by atoms with E-state index in [1.165, 1.54) is 11.1 Å². The maximum absolute atomic E-state index is 12.8. The molecule has 2 aromatic carbocycles. The lowest BCUT2D eigenvalue weighted by Gasteiger charge is -2.30. The number of amides is 2. The SMILES string of the molecule is Cc1ccc(N2C(=O)[C@H](C=Nc3ccc(C)c(Cl)c3)C(=O)NC2=S)cc1. The molecule has 0 aliphatic carbocycles. The molecule has 0 saturated carbocycles. The van der Waals surface area contributed by atoms with Gasteiger partial charge in [-0.15, -0.1) is 0 Å². The molecule has 26 heavy (non-hydrogen) atoms. The Kier molecular flexibility index (Phi) is 5.15. The standard InChI is InChI=1S/C19H16ClN3O2S/c1-11-3-7-14(8-4-11)23-18(25)15(17(24)22-19(23)26)10-21-13-6-5-12(2)16(20)9-13/h3-10,15H,1-2H3,(H,22,24,26)/t15-/m1/s1. The number of carbonyl (C=O) groups excluding carboxylic acids is 2. The first-order valence-electron chi connectivity index (χ1n) is 7.92. The molecule has 1 aliphatic heterocycles. The number of anilines is 1. The minimum atomic E-state index is -1.07. The summed E-state index contributed by atoms with van der Waals surface area (Å²) in [5.41, 5.74) is 3.15. The summed E-state index contributed by atoms with van der Waals surface area (Å²) >= 11 is 11.3. The zero-order valence-corrected chi connectivity index (χ0v) is 15.8. The van der Waals surface area contributed by atoms with Gasteiger partial charge in [0.1, 0.15) is 0 Å². The van der Waals surface area contributed by atoms with Crippen molar-refractivity contribution in [2.45, 2.75) is 13.8 Å². The fourth-order valence-electron chi connectivity index (χ4n) is 2.48. The van der Waals surface area contributed by atoms with Gasteiger partial charge in [0.25, 0.3) is 5.91 Å². The minimum absolute atomic E-state index is 0.0619. The molecule has 3 rings (SSSR count). The van der Waals surface area contributed by atoms with Crippen molar-refractivity contribution in [2.24, 2.45) is 10.9 Å². The lowest BCUT2D eigenvalue weighted by Crippen LogP contribution is -2.58. The van der Waals surface area contributed by atoms with Crippen molar-refractivity contribution in [3.63, 3.8) is 0 Å². The number of hydrogen-bond acceptors (Lipinski definition) is 4. The molecule has 1 fully saturated rings. The van der Waals surface area contributed by atoms with Crippen molar-refractivity contribution in [3.8, 4) is 0 Å². The number of carbonyl (C=O) groups is 2. The Morgan fingerprint density at radius 3 is 2.50 bits per heavy atom. The summed E-state index contributed by atoms with van der Waals surface area (Å²) in [6.07, 6.45) is 1.32. The Balaban J connectivity index is 1.88. The van der Waals surface area contributed by atoms with Gasteiger partial charge < -0.3 is 5.32 Å². The third-order valence-electron chi connectivity index (χ3n) is 4.02. The van der Waals surface area contributed by atoms with Crippen LogP contribution < -0.4 is 10.2 Å². The molecule has 0 aromatic heterocycles. The summed E-state index contributed by atoms with van der Waals surface area (Å²) in [6, 6.07) is 12.6. The summed E-state index contributed by atoms with van der Waals surface area (Å²) in [5.74, 6) is -2.00. The van der Waals surface area contributed by atoms with Gasteiger partial charge in [-0.3, -0.25) is 19.5 Å². The van der Waals surface area contributed by atoms with Crippen LogP contribution in [0.4, 0.5) is 11.4 Å². The smallest absolute Gasteiger partial charge is 0.251 e. The molecule has 0 radical (unpaired) electrons. The summed E-state index contributed by atoms with van der Waals surface area (Å²) in [5, 5.41) is 3.19. The molecule has 1 heterocycles. The van der Waals surface area contributed by atoms with Crippen LogP contribution in [0.25, 0.3) is 0 Å². The molecule has 1 aliphatic rings. The van der Waals surface area contributed by atoms with Gasteiger partial charge in [-0.25, -0.2) is 0 Å². The Morgan fingerprint density at radius 2 is 1.85 bits per heavy atom. The van der Waals surface area contributed by atoms with Crippen LogP contribution in [0.5, 0.6) is 0 Å². The number of nitrogens with one attached hydrogen (secondary N) is 1. The Bertz CT molecular complexity index is 925. The van der Waals surface area contributed by atoms with Gasteiger partial charge in [0.15, 0.2) is 11.0 Å². The number of aliphatic imine (C=N–C) groups is 1. The van der Waals surface area contributed by atoms with Gasteiger partial charge in [0, 0.05) is 11.2 Å². The summed E-state index contributed by atoms with van der Waals surface area (Å²) in [7, 11) is 0. The lowest BCUT2D eigenvalue weighted by molar-refractivity contribution is -0.130. The molecule has 1 N–H and O–H groups in total. The van der Waals surface area contributed by atoms with Crippen LogP contribution in [0.2, 0.25) is 5.02 Å². The molecule has 0 unspecified atom stereocenters. The minimum Gasteiger partial charge on any atom is -0.301 e. The first-order chi connectivity index (χ1) is 12.4. The highest BCUT2D eigenvalue weighted by molar-refractivity contribution is 7.80. The molecule has 1 saturated heterocycles. The second-order valence-corrected chi connectivity index (χ2v) is 6.79. The molecule has 2 aromatic rings. The number of rotatable bonds is 3. The topological polar surface area (TPSA) is 61.8 Å². The number of benzene rings is 2. The normalized spacial score (nSPS) is 17.7. The van der Waals surface area contributed by atoms with Crippen molar-refractivity contribution in [1.82, 2.24) is 5.32 Å². The van der Waals surface area contributed by atoms with Crippen LogP contribution in [-0.2, 0) is 9.59 Å². The van der Waals surface area contributed by atoms with E-state index in [1.54, 1.807) is 24.3 Å². The Hall–Kier alpha value is -2.57. The van der Waals surface area contributed by atoms with Gasteiger partial charge in [0.2, 0.25) is 5.91 Å². The van der Waals surface area contributed by atoms with E-state index in [0.717, 1.165) is 11.1 Å². The quantitative estimate of drug-likeness (QED) is 0.497. The summed E-state index contributed by atoms with van der Waals surface area (Å²) in [4.78, 5) is 30.6. The van der Waals surface area contributed by atoms with Crippen LogP contribution in [0, 0.1) is 19.8 Å². The van der Waals surface area contributed by atoms with Crippen molar-refractivity contribution >= 4 is 58.3 Å². The van der Waals surface area contributed by atoms with E-state index in [4.69, 9.17) is 23.8 Å². The highest BCUT2D eigenvalue weighted by atomic mass is 35.5. The average Bonchev–Trinajstić information content (AvgIpc) is 2.59. The molecule has 7 heteroatoms. The van der Waals surface area contributed by atoms with Crippen molar-refractivity contribution in [3.05, 3.63) is 58.6 Å². The van der Waals surface area contributed by atoms with E-state index >= 15 is 0 Å². The Morgan fingerprint density at radius 1 is 1.15 bits per heavy atom. The van der Waals surface area contributed by atoms with Crippen LogP contribution in [0.1, 0.15) is 11.1 Å². The lowest BCUT2D eigenvalue weighted by atomic mass is 10.1. The average molecular weight is 386 g/mol. The molecule has 1 atom stereocenters. The fourth-order valence-corrected chi connectivity index (χ4v) is 2.95. The van der Waals surface area contributed by atoms with Gasteiger partial charge in [0.05, 0.1) is 11.4 Å². The van der Waals surface area contributed by atoms with Gasteiger partial charge in [-0.05, 0) is 55.9 Å². The molecular formula is C19H16ClN3O2S. The number of hydrogen-bond donors (Lipinski definition) is 1. The van der Waals surface area contributed by atoms with E-state index in [0.29, 0.717) is 16.4 Å². The summed E-state index contributed by atoms with van der Waals surface area (Å²) < 4.78 is 0. The third-order valence-corrected chi connectivity index (χ3v) is 4.71. The highest BCUT2D eigenvalue weighted by Crippen LogP contribution is 2.24. The summed E-state index contributed by atoms with van der Waals surface area (Å²) in [6.45, 7) is 3.83. The number of aryl methyl sites for hydroxylation is 2. The second kappa shape index (κ2) is 7.35. The molecule has 2 amide bonds. The second-order valence-electron chi connectivity index (χ2n) is 5.99. The predicted molar refractivity (Wildman–Crippen MR) is 107 cm³/mol. The third kappa shape index (κ3) is 3.66. The number of halogens is 1. The Labute approximate surface area is 161 Å².